The topological polar surface area (TPSA) is 37.4 Å². The molecule has 0 heterocycles. The van der Waals surface area contributed by atoms with E-state index in [2.05, 4.69) is 0 Å². The van der Waals surface area contributed by atoms with Crippen LogP contribution in [0.2, 0.25) is 0 Å². The molecule has 3 heteroatoms. The normalized spacial score (nSPS) is 20.2. The van der Waals surface area contributed by atoms with Crippen LogP contribution in [0.25, 0.3) is 0 Å². The van der Waals surface area contributed by atoms with Gasteiger partial charge in [0.15, 0.2) is 5.78 Å². The molecule has 1 fully saturated rings. The molecular formula is C21H21NO2. The lowest BCUT2D eigenvalue weighted by Crippen LogP contribution is -2.41. The summed E-state index contributed by atoms with van der Waals surface area (Å²) in [6, 6.07) is 17.3. The summed E-state index contributed by atoms with van der Waals surface area (Å²) in [6.45, 7) is 0. The van der Waals surface area contributed by atoms with E-state index in [4.69, 9.17) is 0 Å². The fourth-order valence-electron chi connectivity index (χ4n) is 4.16. The number of Topliss-reactive ketones (excluding diaryl/α,β-unsaturated/α-hetero) is 1. The number of fused-ring (bicyclic) bond motifs is 1. The molecule has 0 bridgehead atoms. The third-order valence-corrected chi connectivity index (χ3v) is 5.31. The standard InChI is InChI=1S/C21H21NO2/c23-20-14-19(17-12-6-7-13-18(17)20)22(16-10-4-5-11-16)21(24)15-8-2-1-3-9-15/h1-3,6-9,12-13,16,19H,4-5,10-11,14H2. The Morgan fingerprint density at radius 3 is 2.33 bits per heavy atom. The van der Waals surface area contributed by atoms with E-state index >= 15 is 0 Å². The Labute approximate surface area is 142 Å². The van der Waals surface area contributed by atoms with Crippen LogP contribution in [-0.4, -0.2) is 22.6 Å². The van der Waals surface area contributed by atoms with Crippen LogP contribution in [0.4, 0.5) is 0 Å². The van der Waals surface area contributed by atoms with Crippen molar-refractivity contribution in [2.75, 3.05) is 0 Å². The van der Waals surface area contributed by atoms with E-state index in [1.165, 1.54) is 0 Å². The van der Waals surface area contributed by atoms with E-state index < -0.39 is 0 Å². The third-order valence-electron chi connectivity index (χ3n) is 5.31. The van der Waals surface area contributed by atoms with Crippen LogP contribution in [0.5, 0.6) is 0 Å². The molecule has 0 saturated heterocycles. The maximum absolute atomic E-state index is 13.2. The van der Waals surface area contributed by atoms with Crippen molar-refractivity contribution in [1.82, 2.24) is 4.90 Å². The maximum atomic E-state index is 13.2. The third kappa shape index (κ3) is 2.54. The first-order chi connectivity index (χ1) is 11.8. The van der Waals surface area contributed by atoms with Gasteiger partial charge < -0.3 is 4.90 Å². The van der Waals surface area contributed by atoms with Crippen molar-refractivity contribution in [3.63, 3.8) is 0 Å². The Morgan fingerprint density at radius 2 is 1.58 bits per heavy atom. The lowest BCUT2D eigenvalue weighted by Gasteiger charge is -2.35. The van der Waals surface area contributed by atoms with Crippen LogP contribution in [0.15, 0.2) is 54.6 Å². The molecule has 1 amide bonds. The highest BCUT2D eigenvalue weighted by molar-refractivity contribution is 6.02. The number of carbonyl (C=O) groups is 2. The molecule has 2 aliphatic rings. The van der Waals surface area contributed by atoms with Crippen LogP contribution in [-0.2, 0) is 0 Å². The first kappa shape index (κ1) is 15.1. The molecule has 1 saturated carbocycles. The molecule has 2 aromatic rings. The average molecular weight is 319 g/mol. The summed E-state index contributed by atoms with van der Waals surface area (Å²) in [7, 11) is 0. The summed E-state index contributed by atoms with van der Waals surface area (Å²) in [5, 5.41) is 0. The van der Waals surface area contributed by atoms with Gasteiger partial charge in [-0.1, -0.05) is 55.3 Å². The van der Waals surface area contributed by atoms with Gasteiger partial charge in [0.05, 0.1) is 6.04 Å². The number of benzene rings is 2. The smallest absolute Gasteiger partial charge is 0.254 e. The second kappa shape index (κ2) is 6.23. The minimum Gasteiger partial charge on any atom is -0.328 e. The SMILES string of the molecule is O=C1CC(N(C(=O)c2ccccc2)C2CCCC2)c2ccccc21. The Balaban J connectivity index is 1.74. The lowest BCUT2D eigenvalue weighted by molar-refractivity contribution is 0.0566. The fourth-order valence-corrected chi connectivity index (χ4v) is 4.16. The maximum Gasteiger partial charge on any atom is 0.254 e. The Bertz CT molecular complexity index is 762. The molecule has 0 N–H and O–H groups in total. The lowest BCUT2D eigenvalue weighted by atomic mass is 10.0. The van der Waals surface area contributed by atoms with Crippen molar-refractivity contribution in [3.05, 3.63) is 71.3 Å². The highest BCUT2D eigenvalue weighted by Gasteiger charge is 2.39. The zero-order valence-electron chi connectivity index (χ0n) is 13.7. The number of hydrogen-bond donors (Lipinski definition) is 0. The molecule has 1 unspecified atom stereocenters. The first-order valence-electron chi connectivity index (χ1n) is 8.75. The van der Waals surface area contributed by atoms with E-state index in [0.29, 0.717) is 12.0 Å². The quantitative estimate of drug-likeness (QED) is 0.841. The monoisotopic (exact) mass is 319 g/mol. The summed E-state index contributed by atoms with van der Waals surface area (Å²) >= 11 is 0. The summed E-state index contributed by atoms with van der Waals surface area (Å²) in [5.41, 5.74) is 2.51. The van der Waals surface area contributed by atoms with Crippen LogP contribution in [0.1, 0.15) is 64.4 Å². The number of carbonyl (C=O) groups excluding carboxylic acids is 2. The van der Waals surface area contributed by atoms with Gasteiger partial charge in [-0.25, -0.2) is 0 Å². The molecule has 0 aliphatic heterocycles. The molecular weight excluding hydrogens is 298 g/mol. The molecule has 2 aromatic carbocycles. The van der Waals surface area contributed by atoms with Gasteiger partial charge in [-0.3, -0.25) is 9.59 Å². The zero-order valence-corrected chi connectivity index (χ0v) is 13.7. The van der Waals surface area contributed by atoms with Gasteiger partial charge in [0.25, 0.3) is 5.91 Å². The predicted octanol–water partition coefficient (Wildman–Crippen LogP) is 4.40. The van der Waals surface area contributed by atoms with Crippen LogP contribution >= 0.6 is 0 Å². The minimum absolute atomic E-state index is 0.0528. The molecule has 0 aromatic heterocycles. The largest absolute Gasteiger partial charge is 0.328 e. The van der Waals surface area contributed by atoms with Crippen molar-refractivity contribution in [2.45, 2.75) is 44.2 Å². The minimum atomic E-state index is -0.121. The summed E-state index contributed by atoms with van der Waals surface area (Å²) in [5.74, 6) is 0.205. The number of rotatable bonds is 3. The number of nitrogens with zero attached hydrogens (tertiary/aromatic N) is 1. The van der Waals surface area contributed by atoms with Gasteiger partial charge in [-0.05, 0) is 30.5 Å². The van der Waals surface area contributed by atoms with Crippen molar-refractivity contribution < 1.29 is 9.59 Å². The van der Waals surface area contributed by atoms with Gasteiger partial charge in [-0.2, -0.15) is 0 Å². The van der Waals surface area contributed by atoms with Crippen LogP contribution in [0, 0.1) is 0 Å². The van der Waals surface area contributed by atoms with Crippen molar-refractivity contribution in [3.8, 4) is 0 Å². The van der Waals surface area contributed by atoms with Gasteiger partial charge >= 0.3 is 0 Å². The molecule has 122 valence electrons. The van der Waals surface area contributed by atoms with E-state index in [1.54, 1.807) is 0 Å². The number of hydrogen-bond acceptors (Lipinski definition) is 2. The van der Waals surface area contributed by atoms with Crippen molar-refractivity contribution >= 4 is 11.7 Å². The van der Waals surface area contributed by atoms with Gasteiger partial charge in [0, 0.05) is 23.6 Å². The van der Waals surface area contributed by atoms with E-state index in [1.807, 2.05) is 59.5 Å². The Morgan fingerprint density at radius 1 is 0.917 bits per heavy atom. The van der Waals surface area contributed by atoms with Crippen molar-refractivity contribution in [2.24, 2.45) is 0 Å². The van der Waals surface area contributed by atoms with Crippen LogP contribution < -0.4 is 0 Å². The van der Waals surface area contributed by atoms with E-state index in [0.717, 1.165) is 36.8 Å². The average Bonchev–Trinajstić information content (AvgIpc) is 3.26. The van der Waals surface area contributed by atoms with E-state index in [9.17, 15) is 9.59 Å². The van der Waals surface area contributed by atoms with Gasteiger partial charge in [0.2, 0.25) is 0 Å². The molecule has 3 nitrogen and oxygen atoms in total. The zero-order chi connectivity index (χ0) is 16.5. The highest BCUT2D eigenvalue weighted by atomic mass is 16.2. The molecule has 1 atom stereocenters. The summed E-state index contributed by atoms with van der Waals surface area (Å²) in [6.07, 6.45) is 4.79. The first-order valence-corrected chi connectivity index (χ1v) is 8.75. The van der Waals surface area contributed by atoms with E-state index in [-0.39, 0.29) is 23.8 Å². The molecule has 0 radical (unpaired) electrons. The van der Waals surface area contributed by atoms with Gasteiger partial charge in [-0.15, -0.1) is 0 Å². The predicted molar refractivity (Wildman–Crippen MR) is 93.0 cm³/mol. The van der Waals surface area contributed by atoms with Crippen LogP contribution in [0.3, 0.4) is 0 Å². The number of amides is 1. The molecule has 4 rings (SSSR count). The fraction of sp³-hybridized carbons (Fsp3) is 0.333. The van der Waals surface area contributed by atoms with Crippen molar-refractivity contribution in [1.29, 1.82) is 0 Å². The molecule has 24 heavy (non-hydrogen) atoms. The Kier molecular flexibility index (Phi) is 3.93. The number of ketones is 1. The summed E-state index contributed by atoms with van der Waals surface area (Å²) < 4.78 is 0. The Hall–Kier alpha value is -2.42. The highest BCUT2D eigenvalue weighted by Crippen LogP contribution is 2.40. The second-order valence-electron chi connectivity index (χ2n) is 6.75. The molecule has 2 aliphatic carbocycles. The summed E-state index contributed by atoms with van der Waals surface area (Å²) in [4.78, 5) is 27.7. The molecule has 0 spiro atoms. The van der Waals surface area contributed by atoms with Gasteiger partial charge in [0.1, 0.15) is 0 Å². The second-order valence-corrected chi connectivity index (χ2v) is 6.75.